The molecule has 0 saturated carbocycles. The van der Waals surface area contributed by atoms with Crippen LogP contribution in [0.5, 0.6) is 0 Å². The summed E-state index contributed by atoms with van der Waals surface area (Å²) in [7, 11) is 2.41. The SMILES string of the molecule is COC(=O)C1=C(C(=O)OC)N(c2ccc([N+](=O)[O-])c3ccccc23)C=CC=C1. The minimum atomic E-state index is -0.751. The largest absolute Gasteiger partial charge is 0.465 e. The second-order valence-electron chi connectivity index (χ2n) is 5.72. The number of carbonyl (C=O) groups excluding carboxylic acids is 2. The number of non-ortho nitro benzene ring substituents is 1. The van der Waals surface area contributed by atoms with Crippen LogP contribution < -0.4 is 4.90 Å². The number of nitro benzene ring substituents is 1. The summed E-state index contributed by atoms with van der Waals surface area (Å²) in [5, 5.41) is 12.3. The Balaban J connectivity index is 2.32. The van der Waals surface area contributed by atoms with Crippen molar-refractivity contribution < 1.29 is 24.0 Å². The van der Waals surface area contributed by atoms with E-state index in [1.54, 1.807) is 42.6 Å². The summed E-state index contributed by atoms with van der Waals surface area (Å²) < 4.78 is 9.67. The van der Waals surface area contributed by atoms with Gasteiger partial charge in [0, 0.05) is 17.7 Å². The van der Waals surface area contributed by atoms with Crippen molar-refractivity contribution in [2.45, 2.75) is 0 Å². The molecule has 0 aliphatic carbocycles. The normalized spacial score (nSPS) is 13.4. The molecule has 142 valence electrons. The first kappa shape index (κ1) is 18.8. The number of hydrogen-bond acceptors (Lipinski definition) is 7. The fraction of sp³-hybridized carbons (Fsp3) is 0.100. The van der Waals surface area contributed by atoms with Gasteiger partial charge in [-0.3, -0.25) is 10.1 Å². The Bertz CT molecular complexity index is 1070. The van der Waals surface area contributed by atoms with E-state index in [2.05, 4.69) is 0 Å². The quantitative estimate of drug-likeness (QED) is 0.456. The van der Waals surface area contributed by atoms with Gasteiger partial charge in [0.2, 0.25) is 0 Å². The van der Waals surface area contributed by atoms with Gasteiger partial charge in [0.1, 0.15) is 5.70 Å². The van der Waals surface area contributed by atoms with E-state index in [1.165, 1.54) is 37.3 Å². The van der Waals surface area contributed by atoms with Crippen LogP contribution in [0.1, 0.15) is 0 Å². The van der Waals surface area contributed by atoms with E-state index in [1.807, 2.05) is 0 Å². The van der Waals surface area contributed by atoms with Gasteiger partial charge in [-0.15, -0.1) is 0 Å². The molecular formula is C20H16N2O6. The van der Waals surface area contributed by atoms with Crippen molar-refractivity contribution in [3.63, 3.8) is 0 Å². The van der Waals surface area contributed by atoms with Gasteiger partial charge in [-0.05, 0) is 24.3 Å². The van der Waals surface area contributed by atoms with Crippen LogP contribution in [0.25, 0.3) is 10.8 Å². The molecule has 0 fully saturated rings. The predicted molar refractivity (Wildman–Crippen MR) is 102 cm³/mol. The van der Waals surface area contributed by atoms with Crippen LogP contribution in [0, 0.1) is 10.1 Å². The topological polar surface area (TPSA) is 99.0 Å². The van der Waals surface area contributed by atoms with Gasteiger partial charge in [-0.1, -0.05) is 24.3 Å². The average Bonchev–Trinajstić information content (AvgIpc) is 2.94. The molecule has 0 aromatic heterocycles. The first-order chi connectivity index (χ1) is 13.5. The number of benzene rings is 2. The summed E-state index contributed by atoms with van der Waals surface area (Å²) >= 11 is 0. The van der Waals surface area contributed by atoms with Crippen LogP contribution in [-0.2, 0) is 19.1 Å². The van der Waals surface area contributed by atoms with Crippen LogP contribution in [0.15, 0.2) is 72.1 Å². The molecule has 0 spiro atoms. The number of nitrogens with zero attached hydrogens (tertiary/aromatic N) is 2. The lowest BCUT2D eigenvalue weighted by molar-refractivity contribution is -0.383. The third-order valence-electron chi connectivity index (χ3n) is 4.22. The summed E-state index contributed by atoms with van der Waals surface area (Å²) in [6.45, 7) is 0. The first-order valence-electron chi connectivity index (χ1n) is 8.20. The molecule has 2 aromatic rings. The summed E-state index contributed by atoms with van der Waals surface area (Å²) in [5.74, 6) is -1.46. The van der Waals surface area contributed by atoms with Crippen molar-refractivity contribution in [3.8, 4) is 0 Å². The Kier molecular flexibility index (Phi) is 5.21. The lowest BCUT2D eigenvalue weighted by atomic mass is 10.0. The molecule has 0 bridgehead atoms. The molecule has 0 atom stereocenters. The van der Waals surface area contributed by atoms with Crippen molar-refractivity contribution in [2.75, 3.05) is 19.1 Å². The number of nitro groups is 1. The maximum Gasteiger partial charge on any atom is 0.355 e. The number of esters is 2. The van der Waals surface area contributed by atoms with E-state index < -0.39 is 16.9 Å². The molecule has 0 saturated heterocycles. The number of fused-ring (bicyclic) bond motifs is 1. The Morgan fingerprint density at radius 3 is 2.29 bits per heavy atom. The predicted octanol–water partition coefficient (Wildman–Crippen LogP) is 3.24. The highest BCUT2D eigenvalue weighted by molar-refractivity contribution is 6.08. The minimum absolute atomic E-state index is 0.00165. The van der Waals surface area contributed by atoms with E-state index in [-0.39, 0.29) is 17.0 Å². The third-order valence-corrected chi connectivity index (χ3v) is 4.22. The molecule has 1 heterocycles. The number of rotatable bonds is 4. The fourth-order valence-electron chi connectivity index (χ4n) is 2.99. The van der Waals surface area contributed by atoms with Crippen LogP contribution in [-0.4, -0.2) is 31.1 Å². The number of hydrogen-bond donors (Lipinski definition) is 0. The van der Waals surface area contributed by atoms with Gasteiger partial charge >= 0.3 is 11.9 Å². The second kappa shape index (κ2) is 7.75. The molecule has 3 rings (SSSR count). The van der Waals surface area contributed by atoms with Crippen molar-refractivity contribution >= 4 is 34.1 Å². The van der Waals surface area contributed by atoms with Crippen LogP contribution >= 0.6 is 0 Å². The number of methoxy groups -OCH3 is 2. The molecule has 1 aliphatic rings. The maximum atomic E-state index is 12.5. The minimum Gasteiger partial charge on any atom is -0.465 e. The van der Waals surface area contributed by atoms with Gasteiger partial charge in [0.25, 0.3) is 5.69 Å². The molecule has 8 nitrogen and oxygen atoms in total. The summed E-state index contributed by atoms with van der Waals surface area (Å²) in [6, 6.07) is 9.63. The Hall–Kier alpha value is -3.94. The Labute approximate surface area is 160 Å². The highest BCUT2D eigenvalue weighted by Crippen LogP contribution is 2.36. The number of carbonyl (C=O) groups is 2. The summed E-state index contributed by atoms with van der Waals surface area (Å²) in [4.78, 5) is 37.2. The van der Waals surface area contributed by atoms with Crippen LogP contribution in [0.2, 0.25) is 0 Å². The van der Waals surface area contributed by atoms with Gasteiger partial charge in [-0.25, -0.2) is 9.59 Å². The molecule has 0 N–H and O–H groups in total. The summed E-state index contributed by atoms with van der Waals surface area (Å²) in [6.07, 6.45) is 6.24. The molecule has 1 aliphatic heterocycles. The van der Waals surface area contributed by atoms with E-state index in [0.717, 1.165) is 0 Å². The van der Waals surface area contributed by atoms with Crippen molar-refractivity contribution in [3.05, 3.63) is 82.2 Å². The van der Waals surface area contributed by atoms with Crippen molar-refractivity contribution in [1.29, 1.82) is 0 Å². The zero-order valence-electron chi connectivity index (χ0n) is 15.1. The highest BCUT2D eigenvalue weighted by Gasteiger charge is 2.29. The lowest BCUT2D eigenvalue weighted by Gasteiger charge is -2.24. The molecule has 0 amide bonds. The molecular weight excluding hydrogens is 364 g/mol. The van der Waals surface area contributed by atoms with Crippen molar-refractivity contribution in [2.24, 2.45) is 0 Å². The fourth-order valence-corrected chi connectivity index (χ4v) is 2.99. The van der Waals surface area contributed by atoms with E-state index >= 15 is 0 Å². The zero-order valence-corrected chi connectivity index (χ0v) is 15.1. The molecule has 28 heavy (non-hydrogen) atoms. The van der Waals surface area contributed by atoms with Gasteiger partial charge in [0.05, 0.1) is 35.8 Å². The van der Waals surface area contributed by atoms with Crippen LogP contribution in [0.4, 0.5) is 11.4 Å². The number of anilines is 1. The number of allylic oxidation sites excluding steroid dienone is 2. The first-order valence-corrected chi connectivity index (χ1v) is 8.20. The summed E-state index contributed by atoms with van der Waals surface area (Å²) in [5.41, 5.74) is 0.358. The van der Waals surface area contributed by atoms with Gasteiger partial charge in [-0.2, -0.15) is 0 Å². The third kappa shape index (κ3) is 3.23. The van der Waals surface area contributed by atoms with Gasteiger partial charge < -0.3 is 14.4 Å². The monoisotopic (exact) mass is 380 g/mol. The second-order valence-corrected chi connectivity index (χ2v) is 5.72. The van der Waals surface area contributed by atoms with Gasteiger partial charge in [0.15, 0.2) is 0 Å². The molecule has 0 radical (unpaired) electrons. The Morgan fingerprint density at radius 2 is 1.64 bits per heavy atom. The standard InChI is InChI=1S/C20H16N2O6/c1-27-19(23)15-9-5-6-12-21(18(15)20(24)28-2)16-10-11-17(22(25)26)14-8-4-3-7-13(14)16/h3-12H,1-2H3. The molecule has 2 aromatic carbocycles. The molecule has 8 heteroatoms. The molecule has 0 unspecified atom stereocenters. The zero-order chi connectivity index (χ0) is 20.3. The van der Waals surface area contributed by atoms with E-state index in [4.69, 9.17) is 9.47 Å². The Morgan fingerprint density at radius 1 is 0.964 bits per heavy atom. The average molecular weight is 380 g/mol. The van der Waals surface area contributed by atoms with Crippen molar-refractivity contribution in [1.82, 2.24) is 0 Å². The van der Waals surface area contributed by atoms with Crippen LogP contribution in [0.3, 0.4) is 0 Å². The number of ether oxygens (including phenoxy) is 2. The maximum absolute atomic E-state index is 12.5. The highest BCUT2D eigenvalue weighted by atomic mass is 16.6. The lowest BCUT2D eigenvalue weighted by Crippen LogP contribution is -2.27. The van der Waals surface area contributed by atoms with E-state index in [0.29, 0.717) is 16.5 Å². The smallest absolute Gasteiger partial charge is 0.355 e. The van der Waals surface area contributed by atoms with E-state index in [9.17, 15) is 19.7 Å².